The molecule has 6 nitrogen and oxygen atoms in total. The number of carbonyl (C=O) groups is 2. The van der Waals surface area contributed by atoms with Crippen molar-refractivity contribution >= 4 is 46.1 Å². The molecule has 1 aliphatic rings. The Hall–Kier alpha value is -2.12. The summed E-state index contributed by atoms with van der Waals surface area (Å²) >= 11 is 12.1. The molecule has 0 unspecified atom stereocenters. The van der Waals surface area contributed by atoms with Crippen molar-refractivity contribution in [3.8, 4) is 0 Å². The Balaban J connectivity index is 1.73. The molecule has 0 spiro atoms. The van der Waals surface area contributed by atoms with Crippen LogP contribution in [-0.2, 0) is 4.74 Å². The van der Waals surface area contributed by atoms with Gasteiger partial charge in [-0.2, -0.15) is 0 Å². The first kappa shape index (κ1) is 19.6. The maximum atomic E-state index is 12.9. The number of carbonyl (C=O) groups excluding carboxylic acids is 2. The van der Waals surface area contributed by atoms with E-state index >= 15 is 0 Å². The van der Waals surface area contributed by atoms with Crippen molar-refractivity contribution in [2.24, 2.45) is 0 Å². The van der Waals surface area contributed by atoms with Crippen LogP contribution in [0.25, 0.3) is 10.9 Å². The summed E-state index contributed by atoms with van der Waals surface area (Å²) in [5.74, 6) is -0.168. The quantitative estimate of drug-likeness (QED) is 0.717. The van der Waals surface area contributed by atoms with Gasteiger partial charge in [-0.3, -0.25) is 4.79 Å². The number of ether oxygens (including phenoxy) is 1. The molecule has 0 bridgehead atoms. The van der Waals surface area contributed by atoms with Crippen LogP contribution in [0.1, 0.15) is 17.3 Å². The Labute approximate surface area is 165 Å². The maximum Gasteiger partial charge on any atom is 0.410 e. The lowest BCUT2D eigenvalue weighted by Crippen LogP contribution is -2.55. The number of benzene rings is 1. The SMILES string of the molecule is C[C@@H]1CN(C(=O)c2ccc3c(Cl)cc(Cl)nc3c2)CCN1C(=O)OCCF. The van der Waals surface area contributed by atoms with Gasteiger partial charge in [-0.1, -0.05) is 29.3 Å². The second kappa shape index (κ2) is 8.27. The van der Waals surface area contributed by atoms with Crippen LogP contribution in [0.2, 0.25) is 10.2 Å². The summed E-state index contributed by atoms with van der Waals surface area (Å²) in [6.07, 6.45) is -0.563. The first-order valence-electron chi connectivity index (χ1n) is 8.45. The maximum absolute atomic E-state index is 12.9. The highest BCUT2D eigenvalue weighted by Crippen LogP contribution is 2.26. The molecule has 1 aliphatic heterocycles. The van der Waals surface area contributed by atoms with Crippen LogP contribution in [0, 0.1) is 0 Å². The standard InChI is InChI=1S/C18H18Cl2FN3O3/c1-11-10-23(5-6-24(11)18(26)27-7-4-21)17(25)12-2-3-13-14(19)9-16(20)22-15(13)8-12/h2-3,8-9,11H,4-7,10H2,1H3/t11-/m1/s1. The lowest BCUT2D eigenvalue weighted by molar-refractivity contribution is 0.0398. The van der Waals surface area contributed by atoms with E-state index in [0.29, 0.717) is 41.1 Å². The van der Waals surface area contributed by atoms with Gasteiger partial charge in [0.15, 0.2) is 0 Å². The number of alkyl halides is 1. The largest absolute Gasteiger partial charge is 0.447 e. The highest BCUT2D eigenvalue weighted by molar-refractivity contribution is 6.37. The van der Waals surface area contributed by atoms with Gasteiger partial charge in [-0.25, -0.2) is 14.2 Å². The molecule has 1 atom stereocenters. The molecule has 2 amide bonds. The van der Waals surface area contributed by atoms with E-state index in [1.807, 2.05) is 6.92 Å². The van der Waals surface area contributed by atoms with Crippen molar-refractivity contribution in [3.05, 3.63) is 40.0 Å². The van der Waals surface area contributed by atoms with Crippen LogP contribution in [0.15, 0.2) is 24.3 Å². The van der Waals surface area contributed by atoms with Crippen molar-refractivity contribution in [3.63, 3.8) is 0 Å². The lowest BCUT2D eigenvalue weighted by Gasteiger charge is -2.39. The molecule has 0 aliphatic carbocycles. The van der Waals surface area contributed by atoms with Gasteiger partial charge in [0.05, 0.1) is 10.5 Å². The van der Waals surface area contributed by atoms with Gasteiger partial charge in [0.1, 0.15) is 18.4 Å². The molecule has 2 heterocycles. The molecule has 2 aromatic rings. The smallest absolute Gasteiger partial charge is 0.410 e. The third-order valence-electron chi connectivity index (χ3n) is 4.43. The Kier molecular flexibility index (Phi) is 6.01. The predicted molar refractivity (Wildman–Crippen MR) is 101 cm³/mol. The van der Waals surface area contributed by atoms with E-state index in [2.05, 4.69) is 4.98 Å². The third kappa shape index (κ3) is 4.25. The number of amides is 2. The van der Waals surface area contributed by atoms with Gasteiger partial charge in [0.2, 0.25) is 0 Å². The average Bonchev–Trinajstić information content (AvgIpc) is 2.64. The van der Waals surface area contributed by atoms with E-state index in [4.69, 9.17) is 27.9 Å². The zero-order chi connectivity index (χ0) is 19.6. The minimum Gasteiger partial charge on any atom is -0.447 e. The predicted octanol–water partition coefficient (Wildman–Crippen LogP) is 3.79. The van der Waals surface area contributed by atoms with Gasteiger partial charge in [-0.15, -0.1) is 0 Å². The zero-order valence-corrected chi connectivity index (χ0v) is 16.1. The third-order valence-corrected chi connectivity index (χ3v) is 4.93. The van der Waals surface area contributed by atoms with Gasteiger partial charge < -0.3 is 14.5 Å². The van der Waals surface area contributed by atoms with Crippen LogP contribution in [0.4, 0.5) is 9.18 Å². The fraction of sp³-hybridized carbons (Fsp3) is 0.389. The Bertz CT molecular complexity index is 880. The van der Waals surface area contributed by atoms with E-state index in [1.54, 1.807) is 29.2 Å². The molecule has 1 fully saturated rings. The summed E-state index contributed by atoms with van der Waals surface area (Å²) in [4.78, 5) is 32.2. The van der Waals surface area contributed by atoms with Crippen LogP contribution in [0.5, 0.6) is 0 Å². The van der Waals surface area contributed by atoms with Crippen LogP contribution >= 0.6 is 23.2 Å². The summed E-state index contributed by atoms with van der Waals surface area (Å²) in [5, 5.41) is 1.44. The van der Waals surface area contributed by atoms with Crippen molar-refractivity contribution in [1.82, 2.24) is 14.8 Å². The van der Waals surface area contributed by atoms with E-state index in [1.165, 1.54) is 4.90 Å². The molecular weight excluding hydrogens is 396 g/mol. The van der Waals surface area contributed by atoms with Gasteiger partial charge >= 0.3 is 6.09 Å². The number of aromatic nitrogens is 1. The Morgan fingerprint density at radius 3 is 2.78 bits per heavy atom. The second-order valence-electron chi connectivity index (χ2n) is 6.26. The highest BCUT2D eigenvalue weighted by Gasteiger charge is 2.31. The first-order chi connectivity index (χ1) is 12.9. The summed E-state index contributed by atoms with van der Waals surface area (Å²) in [6.45, 7) is 1.86. The van der Waals surface area contributed by atoms with Crippen molar-refractivity contribution < 1.29 is 18.7 Å². The normalized spacial score (nSPS) is 17.3. The molecule has 1 saturated heterocycles. The summed E-state index contributed by atoms with van der Waals surface area (Å²) in [5.41, 5.74) is 1.01. The van der Waals surface area contributed by atoms with Crippen molar-refractivity contribution in [2.45, 2.75) is 13.0 Å². The number of halogens is 3. The average molecular weight is 414 g/mol. The van der Waals surface area contributed by atoms with Crippen LogP contribution in [-0.4, -0.2) is 65.7 Å². The Morgan fingerprint density at radius 2 is 2.07 bits per heavy atom. The van der Waals surface area contributed by atoms with Crippen molar-refractivity contribution in [2.75, 3.05) is 32.9 Å². The lowest BCUT2D eigenvalue weighted by atomic mass is 10.1. The minimum absolute atomic E-state index is 0.168. The van der Waals surface area contributed by atoms with E-state index in [0.717, 1.165) is 0 Å². The van der Waals surface area contributed by atoms with E-state index in [9.17, 15) is 14.0 Å². The second-order valence-corrected chi connectivity index (χ2v) is 7.05. The zero-order valence-electron chi connectivity index (χ0n) is 14.6. The monoisotopic (exact) mass is 413 g/mol. The molecule has 0 radical (unpaired) electrons. The Morgan fingerprint density at radius 1 is 1.30 bits per heavy atom. The summed E-state index contributed by atoms with van der Waals surface area (Å²) < 4.78 is 17.0. The van der Waals surface area contributed by atoms with Crippen LogP contribution < -0.4 is 0 Å². The number of hydrogen-bond donors (Lipinski definition) is 0. The van der Waals surface area contributed by atoms with Gasteiger partial charge in [0, 0.05) is 36.6 Å². The number of fused-ring (bicyclic) bond motifs is 1. The van der Waals surface area contributed by atoms with E-state index in [-0.39, 0.29) is 23.7 Å². The molecule has 27 heavy (non-hydrogen) atoms. The molecule has 0 N–H and O–H groups in total. The van der Waals surface area contributed by atoms with Crippen LogP contribution in [0.3, 0.4) is 0 Å². The fourth-order valence-corrected chi connectivity index (χ4v) is 3.61. The number of nitrogens with zero attached hydrogens (tertiary/aromatic N) is 3. The molecule has 1 aromatic heterocycles. The molecule has 1 aromatic carbocycles. The van der Waals surface area contributed by atoms with Gasteiger partial charge in [0.25, 0.3) is 5.91 Å². The fourth-order valence-electron chi connectivity index (χ4n) is 3.09. The first-order valence-corrected chi connectivity index (χ1v) is 9.20. The summed E-state index contributed by atoms with van der Waals surface area (Å²) in [7, 11) is 0. The minimum atomic E-state index is -0.720. The summed E-state index contributed by atoms with van der Waals surface area (Å²) in [6, 6.07) is 6.40. The number of hydrogen-bond acceptors (Lipinski definition) is 4. The molecule has 9 heteroatoms. The highest BCUT2D eigenvalue weighted by atomic mass is 35.5. The number of piperazine rings is 1. The number of rotatable bonds is 3. The molecule has 0 saturated carbocycles. The molecule has 3 rings (SSSR count). The molecule has 144 valence electrons. The topological polar surface area (TPSA) is 62.7 Å². The van der Waals surface area contributed by atoms with Gasteiger partial charge in [-0.05, 0) is 25.1 Å². The number of pyridine rings is 1. The van der Waals surface area contributed by atoms with E-state index < -0.39 is 12.8 Å². The molecular formula is C18H18Cl2FN3O3. The van der Waals surface area contributed by atoms with Crippen molar-refractivity contribution in [1.29, 1.82) is 0 Å².